The number of carbonyl (C=O) groups excluding carboxylic acids is 9. The SMILES string of the molecule is CN(C)c1ccc2c(-c3ccc(C(=O)NCCCCC(NC(CCCN4C(=O)C5C6C=CC(C7C=CC76)C5C4=O)=C4C(=O)CC(C)(C)CC4=O)C(=O)NCCCCCC(=O)CN4C(=O)CCC4=O)cc3C(=O)O)c3ccc(=[N+](C)C)cc-3oc2c1. The number of amides is 6. The van der Waals surface area contributed by atoms with Gasteiger partial charge in [0.25, 0.3) is 5.91 Å². The number of nitrogens with one attached hydrogen (secondary N) is 3. The summed E-state index contributed by atoms with van der Waals surface area (Å²) in [5.74, 6) is -4.05. The summed E-state index contributed by atoms with van der Waals surface area (Å²) in [6, 6.07) is 15.1. The van der Waals surface area contributed by atoms with Gasteiger partial charge in [0.1, 0.15) is 31.5 Å². The molecule has 0 aromatic heterocycles. The molecule has 85 heavy (non-hydrogen) atoms. The molecule has 4 fully saturated rings. The lowest BCUT2D eigenvalue weighted by Gasteiger charge is -2.51. The van der Waals surface area contributed by atoms with Crippen molar-refractivity contribution in [3.63, 3.8) is 0 Å². The molecule has 2 aromatic rings. The third kappa shape index (κ3) is 12.3. The molecule has 2 saturated carbocycles. The van der Waals surface area contributed by atoms with E-state index in [4.69, 9.17) is 4.42 Å². The number of likely N-dealkylation sites (tertiary alicyclic amines) is 2. The summed E-state index contributed by atoms with van der Waals surface area (Å²) < 4.78 is 8.41. The molecular formula is C66H76N7O12+. The second-order valence-corrected chi connectivity index (χ2v) is 24.9. The third-order valence-electron chi connectivity index (χ3n) is 18.0. The van der Waals surface area contributed by atoms with E-state index in [2.05, 4.69) is 40.3 Å². The first-order valence-corrected chi connectivity index (χ1v) is 29.9. The number of hydrogen-bond acceptors (Lipinski definition) is 13. The van der Waals surface area contributed by atoms with Gasteiger partial charge in [0.2, 0.25) is 34.9 Å². The van der Waals surface area contributed by atoms with E-state index in [0.717, 1.165) is 15.9 Å². The molecule has 9 aliphatic rings. The summed E-state index contributed by atoms with van der Waals surface area (Å²) in [7, 11) is 7.68. The number of carboxylic acids is 1. The summed E-state index contributed by atoms with van der Waals surface area (Å²) in [6.07, 6.45) is 11.8. The Bertz CT molecular complexity index is 3510. The Hall–Kier alpha value is -8.35. The number of aromatic carboxylic acids is 1. The first kappa shape index (κ1) is 59.8. The van der Waals surface area contributed by atoms with E-state index < -0.39 is 41.1 Å². The molecule has 3 heterocycles. The molecule has 2 bridgehead atoms. The highest BCUT2D eigenvalue weighted by Gasteiger charge is 2.62. The molecule has 0 radical (unpaired) electrons. The summed E-state index contributed by atoms with van der Waals surface area (Å²) in [6.45, 7) is 3.93. The predicted octanol–water partition coefficient (Wildman–Crippen LogP) is 6.47. The summed E-state index contributed by atoms with van der Waals surface area (Å²) in [5.41, 5.74) is 2.91. The molecule has 7 atom stereocenters. The first-order chi connectivity index (χ1) is 40.6. The van der Waals surface area contributed by atoms with E-state index >= 15 is 0 Å². The lowest BCUT2D eigenvalue weighted by molar-refractivity contribution is -0.142. The number of rotatable bonds is 24. The predicted molar refractivity (Wildman–Crippen MR) is 317 cm³/mol. The zero-order chi connectivity index (χ0) is 60.6. The smallest absolute Gasteiger partial charge is 0.336 e. The molecule has 11 rings (SSSR count). The third-order valence-corrected chi connectivity index (χ3v) is 18.0. The van der Waals surface area contributed by atoms with Gasteiger partial charge in [0.05, 0.1) is 35.6 Å². The van der Waals surface area contributed by atoms with Gasteiger partial charge in [-0.3, -0.25) is 53.0 Å². The van der Waals surface area contributed by atoms with Crippen molar-refractivity contribution >= 4 is 75.4 Å². The number of benzene rings is 3. The molecule has 19 heteroatoms. The van der Waals surface area contributed by atoms with Crippen LogP contribution >= 0.6 is 0 Å². The molecule has 0 spiro atoms. The number of carboxylic acid groups (broad SMARTS) is 1. The zero-order valence-electron chi connectivity index (χ0n) is 49.3. The lowest BCUT2D eigenvalue weighted by atomic mass is 9.50. The second-order valence-electron chi connectivity index (χ2n) is 24.9. The van der Waals surface area contributed by atoms with Crippen LogP contribution in [0.3, 0.4) is 0 Å². The fourth-order valence-electron chi connectivity index (χ4n) is 13.5. The molecule has 4 N–H and O–H groups in total. The molecule has 2 saturated heterocycles. The number of imide groups is 2. The van der Waals surface area contributed by atoms with Crippen molar-refractivity contribution in [2.24, 2.45) is 40.9 Å². The number of Topliss-reactive ketones (excluding diaryl/α,β-unsaturated/α-hetero) is 3. The fraction of sp³-hybridized carbons (Fsp3) is 0.470. The van der Waals surface area contributed by atoms with Crippen LogP contribution in [0.15, 0.2) is 94.6 Å². The van der Waals surface area contributed by atoms with Crippen LogP contribution in [0.5, 0.6) is 0 Å². The highest BCUT2D eigenvalue weighted by Crippen LogP contribution is 2.58. The van der Waals surface area contributed by atoms with Crippen LogP contribution in [0, 0.1) is 40.9 Å². The van der Waals surface area contributed by atoms with Crippen LogP contribution in [0.25, 0.3) is 33.4 Å². The number of anilines is 1. The average molecular weight is 1160 g/mol. The van der Waals surface area contributed by atoms with E-state index in [1.807, 2.05) is 87.9 Å². The highest BCUT2D eigenvalue weighted by atomic mass is 16.4. The standard InChI is InChI=1S/C66H75N7O12/c1-66(2)34-51(75)60(52(76)35-66)49(15-12-30-72-63(81)58-43-24-25-44(59(58)64(72)82)42-23-22-41(42)43)69-50(62(80)68-28-10-7-8-13-40(74)36-73-55(77)26-27-56(73)78)14-9-11-29-67-61(79)37-16-19-45(48(31-37)65(83)84)57-46-20-17-38(70(3)4)32-53(46)85-54-33-39(71(5)6)18-21-47(54)57/h16-25,31-33,41-44,50,58-59H,7-15,26-30,34-36H2,1-6H3,(H3-,67,68,69,75,76,79,80,83,84)/p+1. The van der Waals surface area contributed by atoms with Crippen LogP contribution in [0.4, 0.5) is 5.69 Å². The molecule has 2 aromatic carbocycles. The molecular weight excluding hydrogens is 1080 g/mol. The van der Waals surface area contributed by atoms with E-state index in [-0.39, 0.29) is 165 Å². The van der Waals surface area contributed by atoms with Gasteiger partial charge < -0.3 is 30.4 Å². The Morgan fingerprint density at radius 2 is 1.35 bits per heavy atom. The van der Waals surface area contributed by atoms with Gasteiger partial charge >= 0.3 is 5.97 Å². The number of fused-ring (bicyclic) bond motifs is 2. The molecule has 3 aliphatic heterocycles. The quantitative estimate of drug-likeness (QED) is 0.0112. The maximum Gasteiger partial charge on any atom is 0.336 e. The zero-order valence-corrected chi connectivity index (χ0v) is 49.3. The number of carbonyl (C=O) groups is 10. The Morgan fingerprint density at radius 3 is 1.99 bits per heavy atom. The highest BCUT2D eigenvalue weighted by molar-refractivity contribution is 6.23. The minimum atomic E-state index is -1.22. The minimum absolute atomic E-state index is 0.0173. The Balaban J connectivity index is 0.831. The fourth-order valence-corrected chi connectivity index (χ4v) is 13.5. The Morgan fingerprint density at radius 1 is 0.718 bits per heavy atom. The summed E-state index contributed by atoms with van der Waals surface area (Å²) in [5, 5.41) is 21.5. The van der Waals surface area contributed by atoms with Gasteiger partial charge in [-0.25, -0.2) is 9.37 Å². The van der Waals surface area contributed by atoms with Gasteiger partial charge in [0, 0.05) is 111 Å². The lowest BCUT2D eigenvalue weighted by Crippen LogP contribution is -2.50. The first-order valence-electron chi connectivity index (χ1n) is 29.9. The average Bonchev–Trinajstić information content (AvgIpc) is 1.68. The van der Waals surface area contributed by atoms with Crippen molar-refractivity contribution in [3.8, 4) is 22.5 Å². The van der Waals surface area contributed by atoms with Crippen LogP contribution in [-0.4, -0.2) is 134 Å². The molecule has 6 aliphatic carbocycles. The normalized spacial score (nSPS) is 22.2. The summed E-state index contributed by atoms with van der Waals surface area (Å²) in [4.78, 5) is 138. The summed E-state index contributed by atoms with van der Waals surface area (Å²) >= 11 is 0. The van der Waals surface area contributed by atoms with E-state index in [0.29, 0.717) is 65.5 Å². The monoisotopic (exact) mass is 1160 g/mol. The molecule has 7 unspecified atom stereocenters. The number of unbranched alkanes of at least 4 members (excludes halogenated alkanes) is 3. The van der Waals surface area contributed by atoms with Crippen molar-refractivity contribution in [2.75, 3.05) is 59.3 Å². The van der Waals surface area contributed by atoms with Gasteiger partial charge in [-0.15, -0.1) is 0 Å². The van der Waals surface area contributed by atoms with Crippen molar-refractivity contribution in [1.82, 2.24) is 30.3 Å². The Labute approximate surface area is 494 Å². The van der Waals surface area contributed by atoms with E-state index in [1.54, 1.807) is 12.1 Å². The number of hydrogen-bond donors (Lipinski definition) is 4. The second kappa shape index (κ2) is 24.7. The van der Waals surface area contributed by atoms with Crippen LogP contribution in [0.2, 0.25) is 0 Å². The van der Waals surface area contributed by atoms with Gasteiger partial charge in [-0.2, -0.15) is 0 Å². The van der Waals surface area contributed by atoms with Crippen molar-refractivity contribution in [2.45, 2.75) is 103 Å². The van der Waals surface area contributed by atoms with Gasteiger partial charge in [0.15, 0.2) is 17.3 Å². The largest absolute Gasteiger partial charge is 0.478 e. The molecule has 446 valence electrons. The van der Waals surface area contributed by atoms with Gasteiger partial charge in [-0.05, 0) is 110 Å². The van der Waals surface area contributed by atoms with Gasteiger partial charge in [-0.1, -0.05) is 50.6 Å². The van der Waals surface area contributed by atoms with E-state index in [1.165, 1.54) is 11.0 Å². The maximum absolute atomic E-state index is 14.3. The van der Waals surface area contributed by atoms with Crippen LogP contribution in [0.1, 0.15) is 118 Å². The number of allylic oxidation sites excluding steroid dienone is 6. The van der Waals surface area contributed by atoms with Crippen molar-refractivity contribution in [1.29, 1.82) is 0 Å². The maximum atomic E-state index is 14.3. The van der Waals surface area contributed by atoms with Crippen molar-refractivity contribution < 1.29 is 57.5 Å². The molecule has 19 nitrogen and oxygen atoms in total. The van der Waals surface area contributed by atoms with Crippen LogP contribution < -0.4 is 30.8 Å². The molecule has 6 amide bonds. The number of ketones is 3. The minimum Gasteiger partial charge on any atom is -0.478 e. The van der Waals surface area contributed by atoms with Crippen LogP contribution in [-0.2, 0) is 38.4 Å². The number of nitrogens with zero attached hydrogens (tertiary/aromatic N) is 4. The van der Waals surface area contributed by atoms with Crippen molar-refractivity contribution in [3.05, 3.63) is 107 Å². The Kier molecular flexibility index (Phi) is 17.4. The van der Waals surface area contributed by atoms with E-state index in [9.17, 15) is 53.1 Å². The topological polar surface area (TPSA) is 253 Å².